The van der Waals surface area contributed by atoms with Crippen molar-refractivity contribution in [3.8, 4) is 16.9 Å². The zero-order chi connectivity index (χ0) is 24.9. The van der Waals surface area contributed by atoms with Crippen LogP contribution >= 0.6 is 11.6 Å². The van der Waals surface area contributed by atoms with Gasteiger partial charge in [-0.05, 0) is 60.4 Å². The number of amides is 4. The van der Waals surface area contributed by atoms with Crippen LogP contribution in [0.15, 0.2) is 66.7 Å². The van der Waals surface area contributed by atoms with E-state index in [2.05, 4.69) is 10.6 Å². The number of carbonyl (C=O) groups excluding carboxylic acids is 3. The highest BCUT2D eigenvalue weighted by Gasteiger charge is 2.31. The van der Waals surface area contributed by atoms with Gasteiger partial charge in [0.05, 0.1) is 12.1 Å². The normalized spacial score (nSPS) is 15.4. The fourth-order valence-corrected chi connectivity index (χ4v) is 4.36. The summed E-state index contributed by atoms with van der Waals surface area (Å²) in [5.74, 6) is -0.190. The van der Waals surface area contributed by atoms with Crippen LogP contribution in [0.4, 0.5) is 16.2 Å². The number of halogens is 1. The molecular formula is C26H25ClN4O4. The molecule has 1 saturated heterocycles. The lowest BCUT2D eigenvalue weighted by molar-refractivity contribution is -0.121. The van der Waals surface area contributed by atoms with Gasteiger partial charge < -0.3 is 26.0 Å². The van der Waals surface area contributed by atoms with Crippen molar-refractivity contribution in [3.05, 3.63) is 77.3 Å². The summed E-state index contributed by atoms with van der Waals surface area (Å²) in [6.45, 7) is 0.546. The molecule has 9 heteroatoms. The van der Waals surface area contributed by atoms with E-state index in [-0.39, 0.29) is 5.91 Å². The number of benzene rings is 3. The van der Waals surface area contributed by atoms with Crippen LogP contribution in [-0.2, 0) is 4.79 Å². The second-order valence-corrected chi connectivity index (χ2v) is 8.50. The summed E-state index contributed by atoms with van der Waals surface area (Å²) < 4.78 is 5.11. The number of ether oxygens (including phenoxy) is 1. The predicted molar refractivity (Wildman–Crippen MR) is 136 cm³/mol. The number of methoxy groups -OCH3 is 1. The van der Waals surface area contributed by atoms with Gasteiger partial charge in [-0.15, -0.1) is 0 Å². The molecule has 0 spiro atoms. The first-order valence-electron chi connectivity index (χ1n) is 11.1. The van der Waals surface area contributed by atoms with E-state index >= 15 is 0 Å². The molecule has 1 fully saturated rings. The number of carbonyl (C=O) groups is 3. The Labute approximate surface area is 208 Å². The molecule has 8 nitrogen and oxygen atoms in total. The van der Waals surface area contributed by atoms with E-state index < -0.39 is 18.0 Å². The van der Waals surface area contributed by atoms with Crippen molar-refractivity contribution >= 4 is 40.8 Å². The van der Waals surface area contributed by atoms with E-state index in [0.717, 1.165) is 17.5 Å². The van der Waals surface area contributed by atoms with Gasteiger partial charge in [-0.25, -0.2) is 4.79 Å². The molecule has 4 amide bonds. The maximum absolute atomic E-state index is 13.1. The Hall–Kier alpha value is -4.04. The molecule has 1 aliphatic rings. The molecule has 4 N–H and O–H groups in total. The number of hydrogen-bond acceptors (Lipinski definition) is 4. The molecule has 1 atom stereocenters. The molecule has 3 aromatic carbocycles. The molecule has 0 bridgehead atoms. The molecule has 0 radical (unpaired) electrons. The van der Waals surface area contributed by atoms with Gasteiger partial charge in [-0.3, -0.25) is 9.59 Å². The van der Waals surface area contributed by atoms with Gasteiger partial charge in [0.1, 0.15) is 11.8 Å². The Bertz CT molecular complexity index is 1260. The minimum absolute atomic E-state index is 0.190. The second kappa shape index (κ2) is 10.5. The summed E-state index contributed by atoms with van der Waals surface area (Å²) in [7, 11) is 1.51. The van der Waals surface area contributed by atoms with Gasteiger partial charge in [-0.1, -0.05) is 41.9 Å². The monoisotopic (exact) mass is 492 g/mol. The van der Waals surface area contributed by atoms with Crippen LogP contribution in [0.2, 0.25) is 5.02 Å². The predicted octanol–water partition coefficient (Wildman–Crippen LogP) is 4.43. The van der Waals surface area contributed by atoms with Gasteiger partial charge in [0.2, 0.25) is 11.8 Å². The maximum Gasteiger partial charge on any atom is 0.319 e. The molecular weight excluding hydrogens is 468 g/mol. The highest BCUT2D eigenvalue weighted by Crippen LogP contribution is 2.29. The lowest BCUT2D eigenvalue weighted by Gasteiger charge is -2.32. The topological polar surface area (TPSA) is 114 Å². The standard InChI is InChI=1S/C26H25ClN4O4/c1-35-23-13-10-17(15-21(23)27)29-26(34)30-22-7-4-14-31(25(22)33)18-11-8-16(9-12-18)19-5-2-3-6-20(19)24(28)32/h2-3,5-6,8-13,15,22H,4,7,14H2,1H3,(H2,28,32)(H2,29,30,34)/t22-/m1/s1. The summed E-state index contributed by atoms with van der Waals surface area (Å²) in [6, 6.07) is 18.2. The van der Waals surface area contributed by atoms with E-state index in [1.807, 2.05) is 36.4 Å². The number of anilines is 2. The molecule has 0 aliphatic carbocycles. The number of nitrogens with zero attached hydrogens (tertiary/aromatic N) is 1. The number of hydrogen-bond donors (Lipinski definition) is 3. The molecule has 4 rings (SSSR count). The minimum atomic E-state index is -0.660. The fraction of sp³-hybridized carbons (Fsp3) is 0.192. The van der Waals surface area contributed by atoms with Crippen molar-refractivity contribution in [1.29, 1.82) is 0 Å². The Morgan fingerprint density at radius 2 is 1.83 bits per heavy atom. The van der Waals surface area contributed by atoms with Crippen LogP contribution in [0.1, 0.15) is 23.2 Å². The van der Waals surface area contributed by atoms with Crippen LogP contribution in [0.5, 0.6) is 5.75 Å². The van der Waals surface area contributed by atoms with Gasteiger partial charge >= 0.3 is 6.03 Å². The number of primary amides is 1. The summed E-state index contributed by atoms with van der Waals surface area (Å²) in [5.41, 5.74) is 8.68. The average molecular weight is 493 g/mol. The number of nitrogens with one attached hydrogen (secondary N) is 2. The van der Waals surface area contributed by atoms with Crippen LogP contribution in [0.3, 0.4) is 0 Å². The first-order chi connectivity index (χ1) is 16.9. The largest absolute Gasteiger partial charge is 0.495 e. The summed E-state index contributed by atoms with van der Waals surface area (Å²) >= 11 is 6.11. The van der Waals surface area contributed by atoms with Crippen molar-refractivity contribution in [3.63, 3.8) is 0 Å². The lowest BCUT2D eigenvalue weighted by atomic mass is 9.98. The van der Waals surface area contributed by atoms with Crippen LogP contribution in [0, 0.1) is 0 Å². The van der Waals surface area contributed by atoms with Crippen LogP contribution in [0.25, 0.3) is 11.1 Å². The molecule has 35 heavy (non-hydrogen) atoms. The summed E-state index contributed by atoms with van der Waals surface area (Å²) in [5, 5.41) is 5.82. The highest BCUT2D eigenvalue weighted by atomic mass is 35.5. The van der Waals surface area contributed by atoms with Crippen molar-refractivity contribution < 1.29 is 19.1 Å². The van der Waals surface area contributed by atoms with E-state index in [1.54, 1.807) is 35.2 Å². The zero-order valence-corrected chi connectivity index (χ0v) is 19.8. The second-order valence-electron chi connectivity index (χ2n) is 8.09. The Kier molecular flexibility index (Phi) is 7.22. The fourth-order valence-electron chi connectivity index (χ4n) is 4.11. The Balaban J connectivity index is 1.44. The van der Waals surface area contributed by atoms with E-state index in [4.69, 9.17) is 22.1 Å². The zero-order valence-electron chi connectivity index (χ0n) is 19.1. The smallest absolute Gasteiger partial charge is 0.319 e. The third-order valence-electron chi connectivity index (χ3n) is 5.84. The van der Waals surface area contributed by atoms with Crippen molar-refractivity contribution in [1.82, 2.24) is 5.32 Å². The molecule has 0 aromatic heterocycles. The molecule has 0 saturated carbocycles. The van der Waals surface area contributed by atoms with Gasteiger partial charge in [0, 0.05) is 23.5 Å². The molecule has 180 valence electrons. The first kappa shape index (κ1) is 24.1. The average Bonchev–Trinajstić information content (AvgIpc) is 2.85. The number of urea groups is 1. The molecule has 3 aromatic rings. The van der Waals surface area contributed by atoms with E-state index in [9.17, 15) is 14.4 Å². The van der Waals surface area contributed by atoms with Gasteiger partial charge in [0.15, 0.2) is 0 Å². The third kappa shape index (κ3) is 5.38. The quantitative estimate of drug-likeness (QED) is 0.472. The number of piperidine rings is 1. The maximum atomic E-state index is 13.1. The number of rotatable bonds is 6. The minimum Gasteiger partial charge on any atom is -0.495 e. The molecule has 0 unspecified atom stereocenters. The van der Waals surface area contributed by atoms with Crippen molar-refractivity contribution in [2.75, 3.05) is 23.9 Å². The van der Waals surface area contributed by atoms with Gasteiger partial charge in [-0.2, -0.15) is 0 Å². The summed E-state index contributed by atoms with van der Waals surface area (Å²) in [4.78, 5) is 39.1. The number of nitrogens with two attached hydrogens (primary N) is 1. The highest BCUT2D eigenvalue weighted by molar-refractivity contribution is 6.32. The Morgan fingerprint density at radius 3 is 2.51 bits per heavy atom. The third-order valence-corrected chi connectivity index (χ3v) is 6.13. The molecule has 1 aliphatic heterocycles. The van der Waals surface area contributed by atoms with Crippen molar-refractivity contribution in [2.45, 2.75) is 18.9 Å². The van der Waals surface area contributed by atoms with E-state index in [1.165, 1.54) is 7.11 Å². The van der Waals surface area contributed by atoms with Crippen LogP contribution < -0.4 is 26.0 Å². The van der Waals surface area contributed by atoms with Crippen LogP contribution in [-0.4, -0.2) is 37.5 Å². The SMILES string of the molecule is COc1ccc(NC(=O)N[C@@H]2CCCN(c3ccc(-c4ccccc4C(N)=O)cc3)C2=O)cc1Cl. The first-order valence-corrected chi connectivity index (χ1v) is 11.5. The van der Waals surface area contributed by atoms with Gasteiger partial charge in [0.25, 0.3) is 0 Å². The van der Waals surface area contributed by atoms with Crippen molar-refractivity contribution in [2.24, 2.45) is 5.73 Å². The summed E-state index contributed by atoms with van der Waals surface area (Å²) in [6.07, 6.45) is 1.27. The molecule has 1 heterocycles. The lowest BCUT2D eigenvalue weighted by Crippen LogP contribution is -2.53. The van der Waals surface area contributed by atoms with E-state index in [0.29, 0.717) is 40.7 Å². The Morgan fingerprint density at radius 1 is 1.09 bits per heavy atom.